The second-order valence-corrected chi connectivity index (χ2v) is 7.37. The Morgan fingerprint density at radius 2 is 1.96 bits per heavy atom. The molecule has 0 radical (unpaired) electrons. The van der Waals surface area contributed by atoms with Crippen LogP contribution in [0, 0.1) is 0 Å². The van der Waals surface area contributed by atoms with Crippen LogP contribution in [0.4, 0.5) is 5.69 Å². The van der Waals surface area contributed by atoms with Gasteiger partial charge in [-0.1, -0.05) is 32.0 Å². The van der Waals surface area contributed by atoms with Crippen molar-refractivity contribution < 1.29 is 9.32 Å². The van der Waals surface area contributed by atoms with E-state index >= 15 is 0 Å². The molecule has 0 bridgehead atoms. The SMILES string of the molecule is CC(C)(C)c1noc2nc(C(=O)Nc3ccc4c(c3)CNC4)ccc12. The third kappa shape index (κ3) is 2.89. The van der Waals surface area contributed by atoms with Crippen LogP contribution >= 0.6 is 0 Å². The van der Waals surface area contributed by atoms with E-state index in [2.05, 4.69) is 41.5 Å². The van der Waals surface area contributed by atoms with E-state index in [9.17, 15) is 4.79 Å². The van der Waals surface area contributed by atoms with Crippen LogP contribution in [0.15, 0.2) is 34.9 Å². The van der Waals surface area contributed by atoms with Gasteiger partial charge in [0.05, 0.1) is 11.1 Å². The summed E-state index contributed by atoms with van der Waals surface area (Å²) in [7, 11) is 0. The number of carbonyl (C=O) groups excluding carboxylic acids is 1. The molecule has 6 nitrogen and oxygen atoms in total. The number of amides is 1. The highest BCUT2D eigenvalue weighted by Gasteiger charge is 2.23. The standard InChI is InChI=1S/C19H20N4O2/c1-19(2,3)16-14-6-7-15(22-18(14)25-23-16)17(24)21-13-5-4-11-9-20-10-12(11)8-13/h4-8,20H,9-10H2,1-3H3,(H,21,24). The third-order valence-electron chi connectivity index (χ3n) is 4.38. The summed E-state index contributed by atoms with van der Waals surface area (Å²) < 4.78 is 5.33. The Labute approximate surface area is 145 Å². The van der Waals surface area contributed by atoms with Gasteiger partial charge in [0.15, 0.2) is 0 Å². The van der Waals surface area contributed by atoms with Crippen molar-refractivity contribution in [2.45, 2.75) is 39.3 Å². The number of benzene rings is 1. The maximum atomic E-state index is 12.5. The number of aromatic nitrogens is 2. The highest BCUT2D eigenvalue weighted by molar-refractivity contribution is 6.04. The van der Waals surface area contributed by atoms with Crippen LogP contribution in [0.5, 0.6) is 0 Å². The van der Waals surface area contributed by atoms with Crippen molar-refractivity contribution in [3.05, 3.63) is 52.8 Å². The Balaban J connectivity index is 1.60. The number of nitrogens with one attached hydrogen (secondary N) is 2. The van der Waals surface area contributed by atoms with Crippen molar-refractivity contribution in [1.29, 1.82) is 0 Å². The molecule has 25 heavy (non-hydrogen) atoms. The molecular formula is C19H20N4O2. The molecule has 3 heterocycles. The van der Waals surface area contributed by atoms with Gasteiger partial charge in [-0.2, -0.15) is 0 Å². The van der Waals surface area contributed by atoms with Crippen LogP contribution in [-0.2, 0) is 18.5 Å². The van der Waals surface area contributed by atoms with Crippen LogP contribution in [0.25, 0.3) is 11.1 Å². The molecule has 2 aromatic heterocycles. The van der Waals surface area contributed by atoms with E-state index in [1.54, 1.807) is 6.07 Å². The summed E-state index contributed by atoms with van der Waals surface area (Å²) in [4.78, 5) is 16.8. The molecule has 1 aliphatic heterocycles. The van der Waals surface area contributed by atoms with Gasteiger partial charge in [0, 0.05) is 24.2 Å². The molecule has 0 unspecified atom stereocenters. The predicted molar refractivity (Wildman–Crippen MR) is 95.4 cm³/mol. The first-order valence-electron chi connectivity index (χ1n) is 8.32. The summed E-state index contributed by atoms with van der Waals surface area (Å²) in [5.74, 6) is -0.262. The first kappa shape index (κ1) is 15.8. The lowest BCUT2D eigenvalue weighted by Gasteiger charge is -2.14. The lowest BCUT2D eigenvalue weighted by Crippen LogP contribution is -2.14. The average Bonchev–Trinajstić information content (AvgIpc) is 3.19. The van der Waals surface area contributed by atoms with Crippen molar-refractivity contribution in [2.24, 2.45) is 0 Å². The first-order valence-corrected chi connectivity index (χ1v) is 8.32. The van der Waals surface area contributed by atoms with Crippen molar-refractivity contribution in [3.8, 4) is 0 Å². The van der Waals surface area contributed by atoms with Gasteiger partial charge in [-0.25, -0.2) is 4.98 Å². The molecule has 6 heteroatoms. The van der Waals surface area contributed by atoms with Crippen molar-refractivity contribution in [2.75, 3.05) is 5.32 Å². The number of fused-ring (bicyclic) bond motifs is 2. The van der Waals surface area contributed by atoms with Crippen molar-refractivity contribution >= 4 is 22.7 Å². The fourth-order valence-electron chi connectivity index (χ4n) is 3.06. The van der Waals surface area contributed by atoms with Crippen LogP contribution < -0.4 is 10.6 Å². The van der Waals surface area contributed by atoms with E-state index in [1.165, 1.54) is 11.1 Å². The molecule has 1 aromatic carbocycles. The number of pyridine rings is 1. The second-order valence-electron chi connectivity index (χ2n) is 7.37. The summed E-state index contributed by atoms with van der Waals surface area (Å²) in [5, 5.41) is 11.1. The van der Waals surface area contributed by atoms with Crippen molar-refractivity contribution in [3.63, 3.8) is 0 Å². The normalized spacial score (nSPS) is 13.9. The third-order valence-corrected chi connectivity index (χ3v) is 4.38. The van der Waals surface area contributed by atoms with Gasteiger partial charge >= 0.3 is 0 Å². The van der Waals surface area contributed by atoms with Crippen LogP contribution in [0.2, 0.25) is 0 Å². The number of hydrogen-bond donors (Lipinski definition) is 2. The molecule has 0 saturated carbocycles. The van der Waals surface area contributed by atoms with Gasteiger partial charge in [-0.05, 0) is 35.4 Å². The smallest absolute Gasteiger partial charge is 0.274 e. The maximum absolute atomic E-state index is 12.5. The molecule has 1 amide bonds. The molecule has 128 valence electrons. The predicted octanol–water partition coefficient (Wildman–Crippen LogP) is 3.38. The van der Waals surface area contributed by atoms with Crippen molar-refractivity contribution in [1.82, 2.24) is 15.5 Å². The Bertz CT molecular complexity index is 969. The Hall–Kier alpha value is -2.73. The average molecular weight is 336 g/mol. The first-order chi connectivity index (χ1) is 11.9. The minimum atomic E-state index is -0.262. The van der Waals surface area contributed by atoms with E-state index in [4.69, 9.17) is 4.52 Å². The maximum Gasteiger partial charge on any atom is 0.274 e. The van der Waals surface area contributed by atoms with Gasteiger partial charge in [0.25, 0.3) is 11.6 Å². The zero-order valence-corrected chi connectivity index (χ0v) is 14.5. The van der Waals surface area contributed by atoms with E-state index in [0.29, 0.717) is 11.4 Å². The largest absolute Gasteiger partial charge is 0.335 e. The molecule has 4 rings (SSSR count). The summed E-state index contributed by atoms with van der Waals surface area (Å²) in [6.45, 7) is 7.90. The van der Waals surface area contributed by atoms with E-state index in [-0.39, 0.29) is 11.3 Å². The zero-order valence-electron chi connectivity index (χ0n) is 14.5. The quantitative estimate of drug-likeness (QED) is 0.750. The molecule has 0 fully saturated rings. The number of rotatable bonds is 2. The van der Waals surface area contributed by atoms with Gasteiger partial charge in [-0.3, -0.25) is 4.79 Å². The lowest BCUT2D eigenvalue weighted by atomic mass is 9.90. The number of nitrogens with zero attached hydrogens (tertiary/aromatic N) is 2. The Morgan fingerprint density at radius 1 is 1.16 bits per heavy atom. The number of carbonyl (C=O) groups is 1. The van der Waals surface area contributed by atoms with Gasteiger partial charge in [-0.15, -0.1) is 0 Å². The minimum Gasteiger partial charge on any atom is -0.335 e. The molecule has 2 N–H and O–H groups in total. The van der Waals surface area contributed by atoms with Gasteiger partial charge in [0.1, 0.15) is 5.69 Å². The highest BCUT2D eigenvalue weighted by atomic mass is 16.5. The molecule has 0 aliphatic carbocycles. The molecular weight excluding hydrogens is 316 g/mol. The molecule has 3 aromatic rings. The monoisotopic (exact) mass is 336 g/mol. The number of hydrogen-bond acceptors (Lipinski definition) is 5. The van der Waals surface area contributed by atoms with E-state index in [0.717, 1.165) is 29.9 Å². The molecule has 0 saturated heterocycles. The Morgan fingerprint density at radius 3 is 2.76 bits per heavy atom. The summed E-state index contributed by atoms with van der Waals surface area (Å²) in [5.41, 5.74) is 4.64. The van der Waals surface area contributed by atoms with Gasteiger partial charge < -0.3 is 15.2 Å². The summed E-state index contributed by atoms with van der Waals surface area (Å²) in [6.07, 6.45) is 0. The second kappa shape index (κ2) is 5.67. The fraction of sp³-hybridized carbons (Fsp3) is 0.316. The molecule has 1 aliphatic rings. The van der Waals surface area contributed by atoms with E-state index < -0.39 is 0 Å². The summed E-state index contributed by atoms with van der Waals surface area (Å²) >= 11 is 0. The topological polar surface area (TPSA) is 80.0 Å². The van der Waals surface area contributed by atoms with Crippen LogP contribution in [0.1, 0.15) is 48.1 Å². The number of anilines is 1. The molecule has 0 atom stereocenters. The summed E-state index contributed by atoms with van der Waals surface area (Å²) in [6, 6.07) is 9.50. The minimum absolute atomic E-state index is 0.144. The zero-order chi connectivity index (χ0) is 17.6. The molecule has 0 spiro atoms. The Kier molecular flexibility index (Phi) is 3.58. The highest BCUT2D eigenvalue weighted by Crippen LogP contribution is 2.28. The van der Waals surface area contributed by atoms with Crippen LogP contribution in [0.3, 0.4) is 0 Å². The van der Waals surface area contributed by atoms with E-state index in [1.807, 2.05) is 24.3 Å². The van der Waals surface area contributed by atoms with Gasteiger partial charge in [0.2, 0.25) is 0 Å². The van der Waals surface area contributed by atoms with Crippen LogP contribution in [-0.4, -0.2) is 16.0 Å². The fourth-order valence-corrected chi connectivity index (χ4v) is 3.06. The lowest BCUT2D eigenvalue weighted by molar-refractivity contribution is 0.102.